The molecule has 1 nitrogen and oxygen atoms in total. The van der Waals surface area contributed by atoms with Crippen molar-refractivity contribution >= 4 is 11.3 Å². The second kappa shape index (κ2) is 6.26. The molecule has 0 aliphatic heterocycles. The molecule has 0 fully saturated rings. The average molecular weight is 225 g/mol. The van der Waals surface area contributed by atoms with Gasteiger partial charge < -0.3 is 0 Å². The summed E-state index contributed by atoms with van der Waals surface area (Å²) in [4.78, 5) is 6.30. The fraction of sp³-hybridized carbons (Fsp3) is 0.769. The van der Waals surface area contributed by atoms with Crippen LogP contribution in [0.1, 0.15) is 68.5 Å². The second-order valence-corrected chi connectivity index (χ2v) is 5.25. The molecule has 2 rings (SSSR count). The van der Waals surface area contributed by atoms with E-state index in [0.29, 0.717) is 5.92 Å². The minimum Gasteiger partial charge on any atom is -0.246 e. The van der Waals surface area contributed by atoms with Crippen LogP contribution < -0.4 is 0 Å². The van der Waals surface area contributed by atoms with Gasteiger partial charge in [-0.1, -0.05) is 34.1 Å². The van der Waals surface area contributed by atoms with E-state index in [4.69, 9.17) is 4.98 Å². The third kappa shape index (κ3) is 3.30. The van der Waals surface area contributed by atoms with Crippen LogP contribution in [0.2, 0.25) is 0 Å². The smallest absolute Gasteiger partial charge is 0.0956 e. The summed E-state index contributed by atoms with van der Waals surface area (Å²) < 4.78 is 0. The van der Waals surface area contributed by atoms with Crippen molar-refractivity contribution in [2.75, 3.05) is 0 Å². The molecule has 0 bridgehead atoms. The lowest BCUT2D eigenvalue weighted by molar-refractivity contribution is 0.706. The summed E-state index contributed by atoms with van der Waals surface area (Å²) in [6.07, 6.45) is 6.60. The molecule has 0 amide bonds. The van der Waals surface area contributed by atoms with E-state index < -0.39 is 0 Å². The predicted octanol–water partition coefficient (Wildman–Crippen LogP) is 4.56. The minimum atomic E-state index is 0.608. The van der Waals surface area contributed by atoms with E-state index in [1.807, 2.05) is 25.2 Å². The van der Waals surface area contributed by atoms with Crippen molar-refractivity contribution in [1.29, 1.82) is 0 Å². The molecular formula is C13H23NS. The molecule has 0 spiro atoms. The first kappa shape index (κ1) is 12.7. The molecule has 0 saturated carbocycles. The number of nitrogens with zero attached hydrogens (tertiary/aromatic N) is 1. The Morgan fingerprint density at radius 3 is 2.40 bits per heavy atom. The molecule has 0 unspecified atom stereocenters. The van der Waals surface area contributed by atoms with Gasteiger partial charge in [-0.05, 0) is 25.7 Å². The zero-order valence-corrected chi connectivity index (χ0v) is 11.3. The number of hydrogen-bond donors (Lipinski definition) is 0. The van der Waals surface area contributed by atoms with E-state index in [0.717, 1.165) is 0 Å². The monoisotopic (exact) mass is 225 g/mol. The normalized spacial score (nSPS) is 15.3. The van der Waals surface area contributed by atoms with Crippen molar-refractivity contribution < 1.29 is 0 Å². The van der Waals surface area contributed by atoms with E-state index in [9.17, 15) is 0 Å². The van der Waals surface area contributed by atoms with E-state index in [2.05, 4.69) is 13.8 Å². The number of hydrogen-bond acceptors (Lipinski definition) is 2. The summed E-state index contributed by atoms with van der Waals surface area (Å²) in [6.45, 7) is 8.47. The van der Waals surface area contributed by atoms with Crippen molar-refractivity contribution in [3.63, 3.8) is 0 Å². The van der Waals surface area contributed by atoms with E-state index in [1.165, 1.54) is 42.8 Å². The lowest BCUT2D eigenvalue weighted by Crippen LogP contribution is -1.89. The number of aromatic nitrogens is 1. The second-order valence-electron chi connectivity index (χ2n) is 4.14. The average Bonchev–Trinajstić information content (AvgIpc) is 2.54. The van der Waals surface area contributed by atoms with Crippen molar-refractivity contribution in [2.45, 2.75) is 65.7 Å². The molecule has 1 aromatic heterocycles. The highest BCUT2D eigenvalue weighted by atomic mass is 32.1. The number of rotatable bonds is 1. The molecule has 2 heteroatoms. The fourth-order valence-corrected chi connectivity index (χ4v) is 2.95. The van der Waals surface area contributed by atoms with Crippen molar-refractivity contribution in [3.05, 3.63) is 15.6 Å². The molecule has 1 aliphatic rings. The summed E-state index contributed by atoms with van der Waals surface area (Å²) in [6, 6.07) is 0. The first-order valence-electron chi connectivity index (χ1n) is 6.26. The quantitative estimate of drug-likeness (QED) is 0.638. The predicted molar refractivity (Wildman–Crippen MR) is 68.8 cm³/mol. The molecule has 1 heterocycles. The Bertz CT molecular complexity index is 265. The van der Waals surface area contributed by atoms with Gasteiger partial charge in [-0.15, -0.1) is 11.3 Å². The Hall–Kier alpha value is -0.370. The van der Waals surface area contributed by atoms with E-state index in [1.54, 1.807) is 4.88 Å². The molecule has 0 aromatic carbocycles. The number of thiazole rings is 1. The van der Waals surface area contributed by atoms with Crippen LogP contribution in [0.3, 0.4) is 0 Å². The van der Waals surface area contributed by atoms with Crippen LogP contribution in [-0.2, 0) is 12.8 Å². The highest BCUT2D eigenvalue weighted by Gasteiger charge is 2.14. The third-order valence-electron chi connectivity index (χ3n) is 2.61. The lowest BCUT2D eigenvalue weighted by Gasteiger charge is -1.97. The molecule has 86 valence electrons. The molecule has 0 atom stereocenters. The number of fused-ring (bicyclic) bond motifs is 1. The van der Waals surface area contributed by atoms with Crippen LogP contribution >= 0.6 is 11.3 Å². The van der Waals surface area contributed by atoms with Crippen LogP contribution in [0.4, 0.5) is 0 Å². The standard InChI is InChI=1S/C11H17NS.C2H6/c1-8(2)11-12-9-6-4-3-5-7-10(9)13-11;1-2/h8H,3-7H2,1-2H3;1-2H3. The van der Waals surface area contributed by atoms with Crippen LogP contribution in [0.15, 0.2) is 0 Å². The van der Waals surface area contributed by atoms with Crippen LogP contribution in [0.25, 0.3) is 0 Å². The zero-order valence-electron chi connectivity index (χ0n) is 10.5. The maximum atomic E-state index is 4.73. The van der Waals surface area contributed by atoms with Gasteiger partial charge in [0.25, 0.3) is 0 Å². The third-order valence-corrected chi connectivity index (χ3v) is 4.06. The minimum absolute atomic E-state index is 0.608. The molecule has 15 heavy (non-hydrogen) atoms. The Labute approximate surface area is 97.9 Å². The topological polar surface area (TPSA) is 12.9 Å². The van der Waals surface area contributed by atoms with Gasteiger partial charge in [-0.25, -0.2) is 4.98 Å². The Kier molecular flexibility index (Phi) is 5.30. The van der Waals surface area contributed by atoms with Gasteiger partial charge >= 0.3 is 0 Å². The van der Waals surface area contributed by atoms with Gasteiger partial charge in [0.1, 0.15) is 0 Å². The van der Waals surface area contributed by atoms with Crippen molar-refractivity contribution in [3.8, 4) is 0 Å². The number of aryl methyl sites for hydroxylation is 2. The lowest BCUT2D eigenvalue weighted by atomic mass is 10.2. The first-order valence-corrected chi connectivity index (χ1v) is 7.07. The van der Waals surface area contributed by atoms with Crippen molar-refractivity contribution in [2.24, 2.45) is 0 Å². The first-order chi connectivity index (χ1) is 7.27. The SMILES string of the molecule is CC.CC(C)c1nc2c(s1)CCCCC2. The maximum Gasteiger partial charge on any atom is 0.0956 e. The van der Waals surface area contributed by atoms with Gasteiger partial charge in [0.2, 0.25) is 0 Å². The van der Waals surface area contributed by atoms with Crippen LogP contribution in [0, 0.1) is 0 Å². The summed E-state index contributed by atoms with van der Waals surface area (Å²) >= 11 is 1.95. The molecule has 0 N–H and O–H groups in total. The Morgan fingerprint density at radius 2 is 1.73 bits per heavy atom. The molecule has 1 aliphatic carbocycles. The summed E-state index contributed by atoms with van der Waals surface area (Å²) in [5.74, 6) is 0.608. The van der Waals surface area contributed by atoms with Gasteiger partial charge in [0, 0.05) is 10.8 Å². The van der Waals surface area contributed by atoms with Crippen LogP contribution in [0.5, 0.6) is 0 Å². The maximum absolute atomic E-state index is 4.73. The van der Waals surface area contributed by atoms with Crippen molar-refractivity contribution in [1.82, 2.24) is 4.98 Å². The summed E-state index contributed by atoms with van der Waals surface area (Å²) in [7, 11) is 0. The summed E-state index contributed by atoms with van der Waals surface area (Å²) in [5.41, 5.74) is 1.41. The Balaban J connectivity index is 0.000000531. The van der Waals surface area contributed by atoms with Gasteiger partial charge in [0.05, 0.1) is 10.7 Å². The van der Waals surface area contributed by atoms with Gasteiger partial charge in [0.15, 0.2) is 0 Å². The molecular weight excluding hydrogens is 202 g/mol. The summed E-state index contributed by atoms with van der Waals surface area (Å²) in [5, 5.41) is 1.34. The molecule has 0 saturated heterocycles. The fourth-order valence-electron chi connectivity index (χ4n) is 1.80. The largest absolute Gasteiger partial charge is 0.246 e. The highest BCUT2D eigenvalue weighted by molar-refractivity contribution is 7.11. The zero-order chi connectivity index (χ0) is 11.3. The van der Waals surface area contributed by atoms with E-state index >= 15 is 0 Å². The molecule has 1 aromatic rings. The van der Waals surface area contributed by atoms with E-state index in [-0.39, 0.29) is 0 Å². The van der Waals surface area contributed by atoms with Gasteiger partial charge in [-0.3, -0.25) is 0 Å². The molecule has 0 radical (unpaired) electrons. The Morgan fingerprint density at radius 1 is 1.07 bits per heavy atom. The van der Waals surface area contributed by atoms with Crippen LogP contribution in [-0.4, -0.2) is 4.98 Å². The van der Waals surface area contributed by atoms with Gasteiger partial charge in [-0.2, -0.15) is 0 Å². The highest BCUT2D eigenvalue weighted by Crippen LogP contribution is 2.29.